The number of methoxy groups -OCH3 is 1. The van der Waals surface area contributed by atoms with Gasteiger partial charge in [0, 0.05) is 32.3 Å². The predicted octanol–water partition coefficient (Wildman–Crippen LogP) is 2.36. The largest absolute Gasteiger partial charge is 0.474 e. The van der Waals surface area contributed by atoms with E-state index in [0.29, 0.717) is 11.6 Å². The smallest absolute Gasteiger partial charge is 0.232 e. The van der Waals surface area contributed by atoms with Gasteiger partial charge >= 0.3 is 0 Å². The van der Waals surface area contributed by atoms with Crippen LogP contribution in [0, 0.1) is 0 Å². The summed E-state index contributed by atoms with van der Waals surface area (Å²) in [6.45, 7) is 0.786. The number of ether oxygens (including phenoxy) is 2. The van der Waals surface area contributed by atoms with Crippen LogP contribution in [-0.2, 0) is 9.53 Å². The van der Waals surface area contributed by atoms with E-state index in [9.17, 15) is 4.79 Å². The Hall–Kier alpha value is -1.27. The van der Waals surface area contributed by atoms with Gasteiger partial charge in [-0.2, -0.15) is 11.8 Å². The van der Waals surface area contributed by atoms with E-state index in [-0.39, 0.29) is 23.7 Å². The average Bonchev–Trinajstić information content (AvgIpc) is 2.95. The molecule has 2 aliphatic rings. The van der Waals surface area contributed by atoms with Crippen LogP contribution in [0.1, 0.15) is 25.7 Å². The molecule has 0 spiro atoms. The third-order valence-corrected chi connectivity index (χ3v) is 5.59. The highest BCUT2D eigenvalue weighted by atomic mass is 32.2. The fourth-order valence-corrected chi connectivity index (χ4v) is 4.27. The van der Waals surface area contributed by atoms with Gasteiger partial charge in [0.25, 0.3) is 0 Å². The van der Waals surface area contributed by atoms with Crippen molar-refractivity contribution < 1.29 is 14.3 Å². The minimum Gasteiger partial charge on any atom is -0.474 e. The van der Waals surface area contributed by atoms with Crippen LogP contribution in [0.15, 0.2) is 24.4 Å². The molecule has 0 radical (unpaired) electrons. The molecule has 1 aliphatic carbocycles. The van der Waals surface area contributed by atoms with Crippen LogP contribution in [0.4, 0.5) is 0 Å². The van der Waals surface area contributed by atoms with Crippen molar-refractivity contribution in [3.63, 3.8) is 0 Å². The molecule has 1 saturated heterocycles. The molecule has 2 heterocycles. The summed E-state index contributed by atoms with van der Waals surface area (Å²) in [5.74, 6) is 1.39. The van der Waals surface area contributed by atoms with Crippen molar-refractivity contribution in [2.45, 2.75) is 43.4 Å². The maximum absolute atomic E-state index is 12.4. The summed E-state index contributed by atoms with van der Waals surface area (Å²) in [7, 11) is 1.77. The summed E-state index contributed by atoms with van der Waals surface area (Å²) in [5, 5.41) is 0. The summed E-state index contributed by atoms with van der Waals surface area (Å²) < 4.78 is 11.9. The number of amides is 1. The predicted molar refractivity (Wildman–Crippen MR) is 90.7 cm³/mol. The fraction of sp³-hybridized carbons (Fsp3) is 0.647. The number of carbonyl (C=O) groups excluding carboxylic acids is 1. The van der Waals surface area contributed by atoms with Crippen LogP contribution in [-0.4, -0.2) is 59.2 Å². The van der Waals surface area contributed by atoms with Gasteiger partial charge in [-0.05, 0) is 31.6 Å². The first-order valence-corrected chi connectivity index (χ1v) is 9.49. The first-order chi connectivity index (χ1) is 11.2. The Kier molecular flexibility index (Phi) is 5.11. The molecule has 126 valence electrons. The van der Waals surface area contributed by atoms with Gasteiger partial charge in [0.2, 0.25) is 11.8 Å². The number of carbonyl (C=O) groups is 1. The van der Waals surface area contributed by atoms with Crippen molar-refractivity contribution in [2.75, 3.05) is 25.7 Å². The molecule has 23 heavy (non-hydrogen) atoms. The SMILES string of the molecule is CO[C@@]12CC[C@H](Oc3ccccn3)C[C@@H]1N(C(=O)CSC)CC2. The summed E-state index contributed by atoms with van der Waals surface area (Å²) in [4.78, 5) is 18.7. The Balaban J connectivity index is 1.72. The molecular weight excluding hydrogens is 312 g/mol. The van der Waals surface area contributed by atoms with E-state index < -0.39 is 0 Å². The van der Waals surface area contributed by atoms with Crippen molar-refractivity contribution in [1.82, 2.24) is 9.88 Å². The Morgan fingerprint density at radius 1 is 1.48 bits per heavy atom. The molecule has 0 bridgehead atoms. The Morgan fingerprint density at radius 3 is 3.04 bits per heavy atom. The number of nitrogens with zero attached hydrogens (tertiary/aromatic N) is 2. The molecule has 1 aliphatic heterocycles. The zero-order valence-corrected chi connectivity index (χ0v) is 14.6. The zero-order valence-electron chi connectivity index (χ0n) is 13.7. The van der Waals surface area contributed by atoms with Gasteiger partial charge in [-0.15, -0.1) is 0 Å². The molecule has 6 heteroatoms. The Bertz CT molecular complexity index is 542. The van der Waals surface area contributed by atoms with Gasteiger partial charge in [-0.25, -0.2) is 4.98 Å². The summed E-state index contributed by atoms with van der Waals surface area (Å²) in [6, 6.07) is 5.79. The first-order valence-electron chi connectivity index (χ1n) is 8.10. The number of hydrogen-bond donors (Lipinski definition) is 0. The van der Waals surface area contributed by atoms with Crippen LogP contribution in [0.2, 0.25) is 0 Å². The lowest BCUT2D eigenvalue weighted by Crippen LogP contribution is -2.54. The van der Waals surface area contributed by atoms with E-state index in [4.69, 9.17) is 9.47 Å². The summed E-state index contributed by atoms with van der Waals surface area (Å²) in [6.07, 6.45) is 7.38. The molecule has 3 rings (SSSR count). The highest BCUT2D eigenvalue weighted by Gasteiger charge is 2.52. The van der Waals surface area contributed by atoms with Gasteiger partial charge in [-0.1, -0.05) is 6.07 Å². The lowest BCUT2D eigenvalue weighted by molar-refractivity contribution is -0.136. The number of thioether (sulfide) groups is 1. The van der Waals surface area contributed by atoms with Gasteiger partial charge in [0.1, 0.15) is 6.10 Å². The number of fused-ring (bicyclic) bond motifs is 1. The van der Waals surface area contributed by atoms with E-state index in [0.717, 1.165) is 32.2 Å². The van der Waals surface area contributed by atoms with Crippen molar-refractivity contribution in [2.24, 2.45) is 0 Å². The lowest BCUT2D eigenvalue weighted by Gasteiger charge is -2.43. The van der Waals surface area contributed by atoms with Gasteiger partial charge in [0.05, 0.1) is 17.4 Å². The average molecular weight is 336 g/mol. The van der Waals surface area contributed by atoms with E-state index in [1.165, 1.54) is 0 Å². The van der Waals surface area contributed by atoms with Crippen molar-refractivity contribution in [3.8, 4) is 5.88 Å². The molecule has 1 aromatic rings. The molecule has 1 aromatic heterocycles. The van der Waals surface area contributed by atoms with E-state index >= 15 is 0 Å². The third kappa shape index (κ3) is 3.33. The van der Waals surface area contributed by atoms with E-state index in [2.05, 4.69) is 4.98 Å². The minimum absolute atomic E-state index is 0.0841. The first kappa shape index (κ1) is 16.6. The van der Waals surface area contributed by atoms with Crippen molar-refractivity contribution >= 4 is 17.7 Å². The van der Waals surface area contributed by atoms with E-state index in [1.54, 1.807) is 25.1 Å². The molecule has 5 nitrogen and oxygen atoms in total. The number of rotatable bonds is 5. The number of hydrogen-bond acceptors (Lipinski definition) is 5. The highest BCUT2D eigenvalue weighted by molar-refractivity contribution is 7.99. The zero-order chi connectivity index (χ0) is 16.3. The van der Waals surface area contributed by atoms with Gasteiger partial charge in [0.15, 0.2) is 0 Å². The van der Waals surface area contributed by atoms with Crippen LogP contribution in [0.5, 0.6) is 5.88 Å². The van der Waals surface area contributed by atoms with Crippen LogP contribution < -0.4 is 4.74 Å². The second-order valence-electron chi connectivity index (χ2n) is 6.24. The third-order valence-electron chi connectivity index (χ3n) is 5.05. The quantitative estimate of drug-likeness (QED) is 0.826. The summed E-state index contributed by atoms with van der Waals surface area (Å²) >= 11 is 1.57. The molecule has 3 atom stereocenters. The van der Waals surface area contributed by atoms with Crippen molar-refractivity contribution in [3.05, 3.63) is 24.4 Å². The molecule has 0 N–H and O–H groups in total. The second-order valence-corrected chi connectivity index (χ2v) is 7.10. The molecule has 1 amide bonds. The number of likely N-dealkylation sites (tertiary alicyclic amines) is 1. The summed E-state index contributed by atoms with van der Waals surface area (Å²) in [5.41, 5.74) is -0.196. The molecule has 2 fully saturated rings. The Labute approximate surface area is 141 Å². The topological polar surface area (TPSA) is 51.7 Å². The maximum atomic E-state index is 12.4. The van der Waals surface area contributed by atoms with Crippen LogP contribution in [0.25, 0.3) is 0 Å². The molecule has 0 aromatic carbocycles. The van der Waals surface area contributed by atoms with E-state index in [1.807, 2.05) is 29.4 Å². The standard InChI is InChI=1S/C17H24N2O3S/c1-21-17-7-6-13(22-15-5-3-4-9-18-15)11-14(17)19(10-8-17)16(20)12-23-2/h3-5,9,13-14H,6-8,10-12H2,1-2H3/t13-,14-,17+/m0/s1. The van der Waals surface area contributed by atoms with Crippen LogP contribution in [0.3, 0.4) is 0 Å². The molecular formula is C17H24N2O3S. The highest BCUT2D eigenvalue weighted by Crippen LogP contribution is 2.43. The normalized spacial score (nSPS) is 30.1. The number of aromatic nitrogens is 1. The second kappa shape index (κ2) is 7.09. The minimum atomic E-state index is -0.196. The Morgan fingerprint density at radius 2 is 2.35 bits per heavy atom. The van der Waals surface area contributed by atoms with Gasteiger partial charge < -0.3 is 14.4 Å². The molecule has 0 unspecified atom stereocenters. The monoisotopic (exact) mass is 336 g/mol. The fourth-order valence-electron chi connectivity index (χ4n) is 3.86. The maximum Gasteiger partial charge on any atom is 0.232 e. The van der Waals surface area contributed by atoms with Gasteiger partial charge in [-0.3, -0.25) is 4.79 Å². The molecule has 1 saturated carbocycles. The lowest BCUT2D eigenvalue weighted by atomic mass is 9.79. The number of pyridine rings is 1. The van der Waals surface area contributed by atoms with Crippen LogP contribution >= 0.6 is 11.8 Å². The van der Waals surface area contributed by atoms with Crippen molar-refractivity contribution in [1.29, 1.82) is 0 Å².